The first kappa shape index (κ1) is 17.4. The van der Waals surface area contributed by atoms with Crippen molar-refractivity contribution in [3.05, 3.63) is 77.3 Å². The van der Waals surface area contributed by atoms with Gasteiger partial charge in [-0.1, -0.05) is 29.8 Å². The summed E-state index contributed by atoms with van der Waals surface area (Å²) in [4.78, 5) is -1.29. The summed E-state index contributed by atoms with van der Waals surface area (Å²) in [6.45, 7) is 0. The van der Waals surface area contributed by atoms with Gasteiger partial charge in [-0.2, -0.15) is 0 Å². The number of hydrogen-bond acceptors (Lipinski definition) is 2. The maximum absolute atomic E-state index is 14.5. The fourth-order valence-corrected chi connectivity index (χ4v) is 3.97. The third kappa shape index (κ3) is 3.23. The fourth-order valence-electron chi connectivity index (χ4n) is 2.42. The molecule has 25 heavy (non-hydrogen) atoms. The van der Waals surface area contributed by atoms with Gasteiger partial charge >= 0.3 is 0 Å². The Bertz CT molecular complexity index is 1030. The maximum Gasteiger partial charge on any atom is 0.212 e. The minimum absolute atomic E-state index is 0.0195. The predicted octanol–water partition coefficient (Wildman–Crippen LogP) is 5.26. The molecule has 1 radical (unpaired) electrons. The van der Waals surface area contributed by atoms with Crippen molar-refractivity contribution in [3.8, 4) is 16.9 Å². The highest BCUT2D eigenvalue weighted by Crippen LogP contribution is 2.35. The van der Waals surface area contributed by atoms with E-state index in [9.17, 15) is 22.3 Å². The van der Waals surface area contributed by atoms with Crippen LogP contribution in [0.25, 0.3) is 11.1 Å². The van der Waals surface area contributed by atoms with E-state index in [0.717, 1.165) is 12.1 Å². The largest absolute Gasteiger partial charge is 0.289 e. The van der Waals surface area contributed by atoms with Crippen LogP contribution in [0.15, 0.2) is 70.5 Å². The molecule has 0 heterocycles. The van der Waals surface area contributed by atoms with Crippen molar-refractivity contribution >= 4 is 21.4 Å². The zero-order chi connectivity index (χ0) is 18.2. The smallest absolute Gasteiger partial charge is 0.212 e. The van der Waals surface area contributed by atoms with E-state index >= 15 is 0 Å². The van der Waals surface area contributed by atoms with Gasteiger partial charge in [0.1, 0.15) is 16.5 Å². The number of sulfone groups is 1. The summed E-state index contributed by atoms with van der Waals surface area (Å²) >= 11 is 5.81. The highest BCUT2D eigenvalue weighted by atomic mass is 35.5. The molecule has 0 fully saturated rings. The van der Waals surface area contributed by atoms with Gasteiger partial charge in [-0.25, -0.2) is 17.2 Å². The van der Waals surface area contributed by atoms with E-state index in [1.165, 1.54) is 42.5 Å². The van der Waals surface area contributed by atoms with Crippen molar-refractivity contribution in [1.82, 2.24) is 0 Å². The number of hydrogen-bond donors (Lipinski definition) is 0. The molecule has 127 valence electrons. The van der Waals surface area contributed by atoms with Crippen LogP contribution in [0.1, 0.15) is 0 Å². The second-order valence-corrected chi connectivity index (χ2v) is 7.55. The SMILES string of the molecule is [O]c1ccc(Cl)cc1-c1cc(F)c(S(=O)(=O)c2ccccc2)c(F)c1. The van der Waals surface area contributed by atoms with Crippen molar-refractivity contribution in [3.63, 3.8) is 0 Å². The first-order valence-corrected chi connectivity index (χ1v) is 8.93. The molecule has 0 saturated heterocycles. The van der Waals surface area contributed by atoms with Crippen molar-refractivity contribution in [2.45, 2.75) is 9.79 Å². The van der Waals surface area contributed by atoms with Gasteiger partial charge in [0, 0.05) is 10.6 Å². The van der Waals surface area contributed by atoms with E-state index in [1.54, 1.807) is 6.07 Å². The second kappa shape index (κ2) is 6.46. The van der Waals surface area contributed by atoms with Crippen LogP contribution in [0.5, 0.6) is 5.75 Å². The Morgan fingerprint density at radius 3 is 2.04 bits per heavy atom. The Kier molecular flexibility index (Phi) is 4.49. The quantitative estimate of drug-likeness (QED) is 0.623. The lowest BCUT2D eigenvalue weighted by Gasteiger charge is -2.10. The molecule has 0 saturated carbocycles. The Morgan fingerprint density at radius 1 is 0.840 bits per heavy atom. The van der Waals surface area contributed by atoms with Gasteiger partial charge < -0.3 is 0 Å². The molecule has 0 aliphatic carbocycles. The van der Waals surface area contributed by atoms with Crippen LogP contribution in [-0.4, -0.2) is 8.42 Å². The van der Waals surface area contributed by atoms with E-state index in [4.69, 9.17) is 11.6 Å². The molecule has 0 aliphatic heterocycles. The zero-order valence-corrected chi connectivity index (χ0v) is 14.1. The van der Waals surface area contributed by atoms with E-state index in [-0.39, 0.29) is 21.0 Å². The van der Waals surface area contributed by atoms with Gasteiger partial charge in [0.2, 0.25) is 9.84 Å². The van der Waals surface area contributed by atoms with Gasteiger partial charge in [0.15, 0.2) is 5.75 Å². The molecule has 0 aromatic heterocycles. The average molecular weight is 380 g/mol. The lowest BCUT2D eigenvalue weighted by atomic mass is 10.0. The fraction of sp³-hybridized carbons (Fsp3) is 0. The summed E-state index contributed by atoms with van der Waals surface area (Å²) in [5.74, 6) is -3.04. The standard InChI is InChI=1S/C18H10ClF2O3S/c19-12-6-7-17(22)14(10-12)11-8-15(20)18(16(21)9-11)25(23,24)13-4-2-1-3-5-13/h1-10H. The zero-order valence-electron chi connectivity index (χ0n) is 12.5. The molecule has 0 unspecified atom stereocenters. The van der Waals surface area contributed by atoms with Crippen molar-refractivity contribution < 1.29 is 22.3 Å². The summed E-state index contributed by atoms with van der Waals surface area (Å²) in [6.07, 6.45) is 0. The van der Waals surface area contributed by atoms with Crippen molar-refractivity contribution in [1.29, 1.82) is 0 Å². The van der Waals surface area contributed by atoms with E-state index < -0.39 is 32.1 Å². The van der Waals surface area contributed by atoms with Crippen LogP contribution >= 0.6 is 11.6 Å². The van der Waals surface area contributed by atoms with E-state index in [2.05, 4.69) is 0 Å². The minimum Gasteiger partial charge on any atom is -0.289 e. The number of benzene rings is 3. The van der Waals surface area contributed by atoms with Gasteiger partial charge in [0.05, 0.1) is 4.90 Å². The monoisotopic (exact) mass is 379 g/mol. The highest BCUT2D eigenvalue weighted by molar-refractivity contribution is 7.91. The van der Waals surface area contributed by atoms with Crippen LogP contribution in [0.2, 0.25) is 5.02 Å². The molecule has 7 heteroatoms. The van der Waals surface area contributed by atoms with Crippen molar-refractivity contribution in [2.24, 2.45) is 0 Å². The van der Waals surface area contributed by atoms with Gasteiger partial charge in [0.25, 0.3) is 0 Å². The molecule has 0 aliphatic rings. The first-order valence-electron chi connectivity index (χ1n) is 7.07. The van der Waals surface area contributed by atoms with E-state index in [1.807, 2.05) is 0 Å². The molecule has 0 spiro atoms. The average Bonchev–Trinajstić information content (AvgIpc) is 2.57. The molecule has 3 aromatic rings. The minimum atomic E-state index is -4.37. The predicted molar refractivity (Wildman–Crippen MR) is 88.8 cm³/mol. The van der Waals surface area contributed by atoms with Gasteiger partial charge in [-0.3, -0.25) is 5.11 Å². The molecule has 3 aromatic carbocycles. The maximum atomic E-state index is 14.5. The summed E-state index contributed by atoms with van der Waals surface area (Å²) in [5, 5.41) is 12.1. The molecule has 0 amide bonds. The summed E-state index contributed by atoms with van der Waals surface area (Å²) in [7, 11) is -4.37. The number of rotatable bonds is 3. The Balaban J connectivity index is 2.18. The van der Waals surface area contributed by atoms with Crippen LogP contribution in [0.3, 0.4) is 0 Å². The molecule has 3 nitrogen and oxygen atoms in total. The molecule has 3 rings (SSSR count). The van der Waals surface area contributed by atoms with Crippen LogP contribution in [0.4, 0.5) is 8.78 Å². The van der Waals surface area contributed by atoms with Crippen LogP contribution < -0.4 is 0 Å². The molecule has 0 bridgehead atoms. The molecular weight excluding hydrogens is 370 g/mol. The normalized spacial score (nSPS) is 11.5. The van der Waals surface area contributed by atoms with Crippen LogP contribution in [0, 0.1) is 11.6 Å². The Hall–Kier alpha value is -2.44. The number of halogens is 3. The second-order valence-electron chi connectivity index (χ2n) is 5.23. The van der Waals surface area contributed by atoms with Gasteiger partial charge in [-0.15, -0.1) is 0 Å². The third-order valence-electron chi connectivity index (χ3n) is 3.57. The molecule has 0 atom stereocenters. The molecule has 0 N–H and O–H groups in total. The first-order chi connectivity index (χ1) is 11.8. The lowest BCUT2D eigenvalue weighted by Crippen LogP contribution is -2.08. The Labute approximate surface area is 148 Å². The third-order valence-corrected chi connectivity index (χ3v) is 5.63. The van der Waals surface area contributed by atoms with Gasteiger partial charge in [-0.05, 0) is 48.0 Å². The topological polar surface area (TPSA) is 54.0 Å². The lowest BCUT2D eigenvalue weighted by molar-refractivity contribution is 0.356. The summed E-state index contributed by atoms with van der Waals surface area (Å²) < 4.78 is 53.9. The Morgan fingerprint density at radius 2 is 1.44 bits per heavy atom. The summed E-state index contributed by atoms with van der Waals surface area (Å²) in [5.41, 5.74) is -0.108. The molecular formula is C18H10ClF2O3S. The van der Waals surface area contributed by atoms with E-state index in [0.29, 0.717) is 0 Å². The summed E-state index contributed by atoms with van der Waals surface area (Å²) in [6, 6.07) is 12.4. The highest BCUT2D eigenvalue weighted by Gasteiger charge is 2.27. The van der Waals surface area contributed by atoms with Crippen LogP contribution in [-0.2, 0) is 14.9 Å². The van der Waals surface area contributed by atoms with Crippen molar-refractivity contribution in [2.75, 3.05) is 0 Å².